The molecule has 1 aromatic carbocycles. The van der Waals surface area contributed by atoms with Crippen molar-refractivity contribution in [2.45, 2.75) is 0 Å². The van der Waals surface area contributed by atoms with Gasteiger partial charge >= 0.3 is 0 Å². The summed E-state index contributed by atoms with van der Waals surface area (Å²) in [7, 11) is 0. The van der Waals surface area contributed by atoms with Crippen LogP contribution in [0.2, 0.25) is 5.02 Å². The van der Waals surface area contributed by atoms with Gasteiger partial charge in [-0.3, -0.25) is 0 Å². The van der Waals surface area contributed by atoms with Gasteiger partial charge in [0.1, 0.15) is 5.69 Å². The Morgan fingerprint density at radius 2 is 1.89 bits per heavy atom. The average molecular weight is 272 g/mol. The molecule has 0 fully saturated rings. The van der Waals surface area contributed by atoms with Gasteiger partial charge in [-0.1, -0.05) is 11.6 Å². The topological polar surface area (TPSA) is 51.0 Å². The minimum atomic E-state index is 0.510. The lowest BCUT2D eigenvalue weighted by Crippen LogP contribution is -1.97. The first kappa shape index (κ1) is 11.7. The third-order valence-electron chi connectivity index (χ3n) is 2.53. The first-order chi connectivity index (χ1) is 9.31. The molecule has 1 N–H and O–H groups in total. The molecule has 0 bridgehead atoms. The van der Waals surface area contributed by atoms with E-state index in [1.165, 1.54) is 0 Å². The molecule has 0 amide bonds. The molecule has 0 atom stereocenters. The molecule has 94 valence electrons. The van der Waals surface area contributed by atoms with E-state index in [-0.39, 0.29) is 0 Å². The van der Waals surface area contributed by atoms with Crippen LogP contribution in [0.1, 0.15) is 0 Å². The van der Waals surface area contributed by atoms with Crippen LogP contribution in [-0.4, -0.2) is 9.97 Å². The Morgan fingerprint density at radius 1 is 1.05 bits per heavy atom. The van der Waals surface area contributed by atoms with Gasteiger partial charge in [-0.15, -0.1) is 0 Å². The molecule has 0 unspecified atom stereocenters. The quantitative estimate of drug-likeness (QED) is 0.778. The Labute approximate surface area is 115 Å². The third-order valence-corrected chi connectivity index (χ3v) is 2.78. The number of rotatable bonds is 3. The Bertz CT molecular complexity index is 665. The van der Waals surface area contributed by atoms with Gasteiger partial charge in [0, 0.05) is 16.9 Å². The van der Waals surface area contributed by atoms with Gasteiger partial charge in [0.25, 0.3) is 0 Å². The number of furan rings is 1. The highest BCUT2D eigenvalue weighted by Crippen LogP contribution is 2.20. The largest absolute Gasteiger partial charge is 0.463 e. The fraction of sp³-hybridized carbons (Fsp3) is 0. The van der Waals surface area contributed by atoms with Gasteiger partial charge in [0.05, 0.1) is 6.26 Å². The number of hydrogen-bond donors (Lipinski definition) is 1. The highest BCUT2D eigenvalue weighted by Gasteiger charge is 2.04. The maximum Gasteiger partial charge on any atom is 0.227 e. The van der Waals surface area contributed by atoms with Crippen molar-refractivity contribution in [3.63, 3.8) is 0 Å². The number of nitrogens with zero attached hydrogens (tertiary/aromatic N) is 2. The van der Waals surface area contributed by atoms with Crippen LogP contribution in [0.4, 0.5) is 11.6 Å². The van der Waals surface area contributed by atoms with Gasteiger partial charge < -0.3 is 9.73 Å². The number of aromatic nitrogens is 2. The fourth-order valence-electron chi connectivity index (χ4n) is 1.64. The molecule has 2 heterocycles. The molecular weight excluding hydrogens is 262 g/mol. The highest BCUT2D eigenvalue weighted by atomic mass is 35.5. The van der Waals surface area contributed by atoms with Crippen LogP contribution < -0.4 is 5.32 Å². The predicted molar refractivity (Wildman–Crippen MR) is 74.5 cm³/mol. The number of benzene rings is 1. The van der Waals surface area contributed by atoms with Gasteiger partial charge in [-0.2, -0.15) is 0 Å². The van der Waals surface area contributed by atoms with Crippen molar-refractivity contribution in [3.05, 3.63) is 59.9 Å². The van der Waals surface area contributed by atoms with Crippen LogP contribution in [0.5, 0.6) is 0 Å². The van der Waals surface area contributed by atoms with E-state index in [1.807, 2.05) is 24.3 Å². The summed E-state index contributed by atoms with van der Waals surface area (Å²) >= 11 is 5.84. The highest BCUT2D eigenvalue weighted by molar-refractivity contribution is 6.30. The molecule has 0 aliphatic carbocycles. The molecule has 3 aromatic rings. The molecule has 0 radical (unpaired) electrons. The van der Waals surface area contributed by atoms with Gasteiger partial charge in [0.15, 0.2) is 5.76 Å². The third kappa shape index (κ3) is 2.74. The van der Waals surface area contributed by atoms with E-state index in [0.29, 0.717) is 16.7 Å². The molecule has 4 nitrogen and oxygen atoms in total. The molecule has 3 rings (SSSR count). The Hall–Kier alpha value is -2.33. The predicted octanol–water partition coefficient (Wildman–Crippen LogP) is 4.13. The zero-order chi connectivity index (χ0) is 13.1. The maximum atomic E-state index is 5.84. The molecule has 19 heavy (non-hydrogen) atoms. The maximum absolute atomic E-state index is 5.84. The molecule has 5 heteroatoms. The van der Waals surface area contributed by atoms with Crippen LogP contribution in [0.3, 0.4) is 0 Å². The second kappa shape index (κ2) is 5.12. The monoisotopic (exact) mass is 271 g/mol. The molecular formula is C14H10ClN3O. The van der Waals surface area contributed by atoms with Gasteiger partial charge in [0.2, 0.25) is 5.95 Å². The lowest BCUT2D eigenvalue weighted by atomic mass is 10.3. The minimum absolute atomic E-state index is 0.510. The number of halogens is 1. The van der Waals surface area contributed by atoms with Gasteiger partial charge in [-0.05, 0) is 42.5 Å². The van der Waals surface area contributed by atoms with Crippen molar-refractivity contribution < 1.29 is 4.42 Å². The number of anilines is 2. The number of nitrogens with one attached hydrogen (secondary N) is 1. The van der Waals surface area contributed by atoms with Crippen LogP contribution >= 0.6 is 11.6 Å². The summed E-state index contributed by atoms with van der Waals surface area (Å²) in [5.41, 5.74) is 1.61. The molecule has 0 saturated carbocycles. The first-order valence-electron chi connectivity index (χ1n) is 5.71. The molecule has 0 aliphatic heterocycles. The summed E-state index contributed by atoms with van der Waals surface area (Å²) in [6.07, 6.45) is 3.30. The standard InChI is InChI=1S/C14H10ClN3O/c15-10-3-5-11(6-4-10)17-14-16-8-7-12(18-14)13-2-1-9-19-13/h1-9H,(H,16,17,18). The van der Waals surface area contributed by atoms with E-state index in [1.54, 1.807) is 30.7 Å². The average Bonchev–Trinajstić information content (AvgIpc) is 2.96. The van der Waals surface area contributed by atoms with E-state index in [0.717, 1.165) is 11.4 Å². The van der Waals surface area contributed by atoms with Crippen molar-refractivity contribution in [1.82, 2.24) is 9.97 Å². The van der Waals surface area contributed by atoms with Crippen LogP contribution in [0, 0.1) is 0 Å². The van der Waals surface area contributed by atoms with Crippen molar-refractivity contribution in [1.29, 1.82) is 0 Å². The van der Waals surface area contributed by atoms with Gasteiger partial charge in [-0.25, -0.2) is 9.97 Å². The summed E-state index contributed by atoms with van der Waals surface area (Å²) in [6, 6.07) is 12.8. The van der Waals surface area contributed by atoms with E-state index in [4.69, 9.17) is 16.0 Å². The lowest BCUT2D eigenvalue weighted by molar-refractivity contribution is 0.580. The normalized spacial score (nSPS) is 10.4. The van der Waals surface area contributed by atoms with Crippen molar-refractivity contribution in [3.8, 4) is 11.5 Å². The fourth-order valence-corrected chi connectivity index (χ4v) is 1.77. The Morgan fingerprint density at radius 3 is 2.63 bits per heavy atom. The zero-order valence-corrected chi connectivity index (χ0v) is 10.6. The second-order valence-electron chi connectivity index (χ2n) is 3.87. The van der Waals surface area contributed by atoms with Crippen LogP contribution in [-0.2, 0) is 0 Å². The molecule has 0 saturated heterocycles. The summed E-state index contributed by atoms with van der Waals surface area (Å²) in [4.78, 5) is 8.55. The van der Waals surface area contributed by atoms with Crippen LogP contribution in [0.15, 0.2) is 59.3 Å². The van der Waals surface area contributed by atoms with Crippen LogP contribution in [0.25, 0.3) is 11.5 Å². The first-order valence-corrected chi connectivity index (χ1v) is 6.08. The molecule has 0 aliphatic rings. The Balaban J connectivity index is 1.85. The summed E-state index contributed by atoms with van der Waals surface area (Å²) < 4.78 is 5.30. The smallest absolute Gasteiger partial charge is 0.227 e. The molecule has 0 spiro atoms. The summed E-state index contributed by atoms with van der Waals surface area (Å²) in [5.74, 6) is 1.22. The lowest BCUT2D eigenvalue weighted by Gasteiger charge is -2.05. The Kier molecular flexibility index (Phi) is 3.16. The molecule has 2 aromatic heterocycles. The van der Waals surface area contributed by atoms with Crippen molar-refractivity contribution >= 4 is 23.2 Å². The van der Waals surface area contributed by atoms with Crippen molar-refractivity contribution in [2.24, 2.45) is 0 Å². The second-order valence-corrected chi connectivity index (χ2v) is 4.31. The SMILES string of the molecule is Clc1ccc(Nc2nccc(-c3ccco3)n2)cc1. The zero-order valence-electron chi connectivity index (χ0n) is 9.88. The van der Waals surface area contributed by atoms with E-state index >= 15 is 0 Å². The number of hydrogen-bond acceptors (Lipinski definition) is 4. The summed E-state index contributed by atoms with van der Waals surface area (Å²) in [5, 5.41) is 3.80. The van der Waals surface area contributed by atoms with E-state index in [9.17, 15) is 0 Å². The van der Waals surface area contributed by atoms with E-state index < -0.39 is 0 Å². The van der Waals surface area contributed by atoms with E-state index in [2.05, 4.69) is 15.3 Å². The summed E-state index contributed by atoms with van der Waals surface area (Å²) in [6.45, 7) is 0. The minimum Gasteiger partial charge on any atom is -0.463 e. The van der Waals surface area contributed by atoms with Crippen molar-refractivity contribution in [2.75, 3.05) is 5.32 Å².